The first kappa shape index (κ1) is 20.4. The normalized spacial score (nSPS) is 17.5. The molecule has 0 spiro atoms. The number of nitrogens with zero attached hydrogens (tertiary/aromatic N) is 3. The number of ether oxygens (including phenoxy) is 2. The van der Waals surface area contributed by atoms with Gasteiger partial charge in [-0.1, -0.05) is 0 Å². The molecule has 0 radical (unpaired) electrons. The number of alkyl halides is 3. The molecule has 0 N–H and O–H groups in total. The van der Waals surface area contributed by atoms with Crippen molar-refractivity contribution in [3.05, 3.63) is 70.5 Å². The highest BCUT2D eigenvalue weighted by Gasteiger charge is 2.40. The lowest BCUT2D eigenvalue weighted by molar-refractivity contribution is -0.137. The van der Waals surface area contributed by atoms with Crippen LogP contribution >= 0.6 is 0 Å². The summed E-state index contributed by atoms with van der Waals surface area (Å²) in [6, 6.07) is 8.41. The number of carbonyl (C=O) groups excluding carboxylic acids is 1. The Morgan fingerprint density at radius 3 is 2.41 bits per heavy atom. The molecular formula is C23H20F3N3O3. The molecule has 6 nitrogen and oxygen atoms in total. The van der Waals surface area contributed by atoms with Crippen LogP contribution in [0.4, 0.5) is 13.2 Å². The lowest BCUT2D eigenvalue weighted by atomic mass is 9.85. The van der Waals surface area contributed by atoms with Gasteiger partial charge < -0.3 is 14.4 Å². The molecule has 0 fully saturated rings. The Kier molecular flexibility index (Phi) is 4.65. The first-order valence-electron chi connectivity index (χ1n) is 10.1. The number of benzene rings is 2. The first-order chi connectivity index (χ1) is 15.3. The zero-order valence-electron chi connectivity index (χ0n) is 17.4. The van der Waals surface area contributed by atoms with Crippen molar-refractivity contribution in [3.63, 3.8) is 0 Å². The van der Waals surface area contributed by atoms with Crippen LogP contribution in [-0.2, 0) is 19.0 Å². The maximum atomic E-state index is 13.2. The van der Waals surface area contributed by atoms with E-state index in [1.54, 1.807) is 18.9 Å². The van der Waals surface area contributed by atoms with Gasteiger partial charge in [0.05, 0.1) is 49.0 Å². The summed E-state index contributed by atoms with van der Waals surface area (Å²) < 4.78 is 51.2. The molecule has 9 heteroatoms. The van der Waals surface area contributed by atoms with Gasteiger partial charge in [-0.2, -0.15) is 18.3 Å². The largest absolute Gasteiger partial charge is 0.493 e. The minimum atomic E-state index is -4.41. The number of fused-ring (bicyclic) bond motifs is 4. The van der Waals surface area contributed by atoms with Crippen molar-refractivity contribution >= 4 is 5.91 Å². The lowest BCUT2D eigenvalue weighted by Crippen LogP contribution is -2.44. The van der Waals surface area contributed by atoms with Gasteiger partial charge in [-0.3, -0.25) is 4.79 Å². The highest BCUT2D eigenvalue weighted by Crippen LogP contribution is 2.42. The summed E-state index contributed by atoms with van der Waals surface area (Å²) in [6.45, 7) is 0.566. The molecule has 2 aliphatic rings. The lowest BCUT2D eigenvalue weighted by Gasteiger charge is -2.40. The Morgan fingerprint density at radius 1 is 1.06 bits per heavy atom. The molecule has 0 saturated heterocycles. The minimum Gasteiger partial charge on any atom is -0.493 e. The van der Waals surface area contributed by atoms with Gasteiger partial charge in [-0.05, 0) is 53.9 Å². The number of carbonyl (C=O) groups is 1. The molecule has 1 aromatic heterocycles. The zero-order valence-corrected chi connectivity index (χ0v) is 17.4. The van der Waals surface area contributed by atoms with E-state index in [0.29, 0.717) is 47.8 Å². The Labute approximate surface area is 182 Å². The maximum absolute atomic E-state index is 13.2. The Morgan fingerprint density at radius 2 is 1.75 bits per heavy atom. The van der Waals surface area contributed by atoms with Gasteiger partial charge in [0.2, 0.25) is 0 Å². The molecule has 1 amide bonds. The molecule has 1 atom stereocenters. The predicted octanol–water partition coefficient (Wildman–Crippen LogP) is 4.20. The van der Waals surface area contributed by atoms with Crippen molar-refractivity contribution in [3.8, 4) is 17.2 Å². The summed E-state index contributed by atoms with van der Waals surface area (Å²) >= 11 is 0. The quantitative estimate of drug-likeness (QED) is 0.609. The van der Waals surface area contributed by atoms with E-state index in [9.17, 15) is 18.0 Å². The van der Waals surface area contributed by atoms with Crippen molar-refractivity contribution in [2.24, 2.45) is 0 Å². The number of halogens is 3. The number of hydrogen-bond donors (Lipinski definition) is 0. The molecule has 166 valence electrons. The molecule has 0 unspecified atom stereocenters. The van der Waals surface area contributed by atoms with Gasteiger partial charge in [-0.25, -0.2) is 4.68 Å². The van der Waals surface area contributed by atoms with Crippen molar-refractivity contribution in [2.75, 3.05) is 20.8 Å². The van der Waals surface area contributed by atoms with Gasteiger partial charge in [0.1, 0.15) is 0 Å². The summed E-state index contributed by atoms with van der Waals surface area (Å²) in [7, 11) is 3.15. The van der Waals surface area contributed by atoms with Crippen molar-refractivity contribution in [2.45, 2.75) is 25.1 Å². The van der Waals surface area contributed by atoms with E-state index in [2.05, 4.69) is 5.10 Å². The van der Waals surface area contributed by atoms with Gasteiger partial charge >= 0.3 is 6.18 Å². The van der Waals surface area contributed by atoms with Crippen molar-refractivity contribution in [1.82, 2.24) is 14.7 Å². The van der Waals surface area contributed by atoms with Crippen LogP contribution in [0.15, 0.2) is 42.6 Å². The van der Waals surface area contributed by atoms with E-state index in [4.69, 9.17) is 9.47 Å². The third-order valence-corrected chi connectivity index (χ3v) is 6.19. The molecule has 2 aliphatic heterocycles. The van der Waals surface area contributed by atoms with Gasteiger partial charge in [0.25, 0.3) is 5.91 Å². The third kappa shape index (κ3) is 3.11. The second-order valence-electron chi connectivity index (χ2n) is 7.84. The fraction of sp³-hybridized carbons (Fsp3) is 0.304. The fourth-order valence-corrected chi connectivity index (χ4v) is 4.59. The summed E-state index contributed by atoms with van der Waals surface area (Å²) in [5.41, 5.74) is 2.97. The van der Waals surface area contributed by atoms with Gasteiger partial charge in [0, 0.05) is 13.0 Å². The molecule has 32 heavy (non-hydrogen) atoms. The SMILES string of the molecule is COc1cc2c(cc1OC)[C@@H]1Cc3c(cnn3-c3ccc(C(F)(F)F)cc3)C(=O)N1CC2. The van der Waals surface area contributed by atoms with Crippen LogP contribution in [0.3, 0.4) is 0 Å². The van der Waals surface area contributed by atoms with Crippen LogP contribution in [0.1, 0.15) is 38.8 Å². The summed E-state index contributed by atoms with van der Waals surface area (Å²) in [4.78, 5) is 15.1. The number of rotatable bonds is 3. The van der Waals surface area contributed by atoms with E-state index < -0.39 is 11.7 Å². The van der Waals surface area contributed by atoms with Crippen LogP contribution in [-0.4, -0.2) is 41.4 Å². The first-order valence-corrected chi connectivity index (χ1v) is 10.1. The number of hydrogen-bond acceptors (Lipinski definition) is 4. The molecule has 0 bridgehead atoms. The number of methoxy groups -OCH3 is 2. The smallest absolute Gasteiger partial charge is 0.416 e. The monoisotopic (exact) mass is 443 g/mol. The summed E-state index contributed by atoms with van der Waals surface area (Å²) in [6.07, 6.45) is -1.73. The van der Waals surface area contributed by atoms with Crippen LogP contribution in [0.5, 0.6) is 11.5 Å². The third-order valence-electron chi connectivity index (χ3n) is 6.19. The average Bonchev–Trinajstić information content (AvgIpc) is 3.22. The van der Waals surface area contributed by atoms with E-state index in [-0.39, 0.29) is 11.9 Å². The number of amides is 1. The standard InChI is InChI=1S/C23H20F3N3O3/c1-31-20-9-13-7-8-28-18(16(13)10-21(20)32-2)11-19-17(22(28)30)12-27-29(19)15-5-3-14(4-6-15)23(24,25)26/h3-6,9-10,12,18H,7-8,11H2,1-2H3/t18-/m0/s1. The second kappa shape index (κ2) is 7.29. The van der Waals surface area contributed by atoms with Crippen LogP contribution in [0, 0.1) is 0 Å². The van der Waals surface area contributed by atoms with E-state index in [1.165, 1.54) is 18.3 Å². The van der Waals surface area contributed by atoms with Crippen LogP contribution in [0.25, 0.3) is 5.69 Å². The molecule has 3 heterocycles. The highest BCUT2D eigenvalue weighted by molar-refractivity contribution is 5.97. The highest BCUT2D eigenvalue weighted by atomic mass is 19.4. The topological polar surface area (TPSA) is 56.6 Å². The number of aromatic nitrogens is 2. The molecule has 5 rings (SSSR count). The Hall–Kier alpha value is -3.49. The summed E-state index contributed by atoms with van der Waals surface area (Å²) in [5, 5.41) is 4.33. The molecule has 0 saturated carbocycles. The van der Waals surface area contributed by atoms with Gasteiger partial charge in [0.15, 0.2) is 11.5 Å². The Balaban J connectivity index is 1.56. The van der Waals surface area contributed by atoms with Crippen LogP contribution in [0.2, 0.25) is 0 Å². The van der Waals surface area contributed by atoms with Crippen molar-refractivity contribution in [1.29, 1.82) is 0 Å². The van der Waals surface area contributed by atoms with E-state index in [1.807, 2.05) is 17.0 Å². The molecule has 2 aromatic carbocycles. The predicted molar refractivity (Wildman–Crippen MR) is 109 cm³/mol. The van der Waals surface area contributed by atoms with Crippen molar-refractivity contribution < 1.29 is 27.4 Å². The summed E-state index contributed by atoms with van der Waals surface area (Å²) in [5.74, 6) is 1.09. The maximum Gasteiger partial charge on any atom is 0.416 e. The Bertz CT molecular complexity index is 1200. The van der Waals surface area contributed by atoms with E-state index in [0.717, 1.165) is 23.3 Å². The fourth-order valence-electron chi connectivity index (χ4n) is 4.59. The molecular weight excluding hydrogens is 423 g/mol. The van der Waals surface area contributed by atoms with Gasteiger partial charge in [-0.15, -0.1) is 0 Å². The molecule has 3 aromatic rings. The molecule has 0 aliphatic carbocycles. The zero-order chi connectivity index (χ0) is 22.6. The van der Waals surface area contributed by atoms with E-state index >= 15 is 0 Å². The average molecular weight is 443 g/mol. The second-order valence-corrected chi connectivity index (χ2v) is 7.84. The van der Waals surface area contributed by atoms with Crippen LogP contribution < -0.4 is 9.47 Å². The minimum absolute atomic E-state index is 0.130.